The molecule has 9 nitrogen and oxygen atoms in total. The van der Waals surface area contributed by atoms with E-state index in [9.17, 15) is 18.0 Å². The molecule has 1 N–H and O–H groups in total. The third-order valence-corrected chi connectivity index (χ3v) is 9.34. The summed E-state index contributed by atoms with van der Waals surface area (Å²) in [5.41, 5.74) is 1.62. The van der Waals surface area contributed by atoms with Crippen LogP contribution in [-0.2, 0) is 32.6 Å². The predicted molar refractivity (Wildman–Crippen MR) is 175 cm³/mol. The highest BCUT2D eigenvalue weighted by Crippen LogP contribution is 2.34. The molecule has 236 valence electrons. The molecule has 11 heteroatoms. The minimum absolute atomic E-state index is 0.00481. The lowest BCUT2D eigenvalue weighted by molar-refractivity contribution is -0.140. The van der Waals surface area contributed by atoms with Crippen LogP contribution in [0.25, 0.3) is 0 Å². The molecule has 0 fully saturated rings. The second kappa shape index (κ2) is 15.5. The van der Waals surface area contributed by atoms with Gasteiger partial charge in [0.05, 0.1) is 24.8 Å². The lowest BCUT2D eigenvalue weighted by Gasteiger charge is -2.34. The average Bonchev–Trinajstić information content (AvgIpc) is 3.06. The molecule has 2 amide bonds. The lowest BCUT2D eigenvalue weighted by atomic mass is 10.0. The summed E-state index contributed by atoms with van der Waals surface area (Å²) in [5.74, 6) is -0.293. The third-order valence-electron chi connectivity index (χ3n) is 7.19. The van der Waals surface area contributed by atoms with Crippen molar-refractivity contribution in [2.24, 2.45) is 0 Å². The van der Waals surface area contributed by atoms with Crippen LogP contribution in [0.4, 0.5) is 5.69 Å². The van der Waals surface area contributed by atoms with Gasteiger partial charge in [0.15, 0.2) is 11.5 Å². The minimum atomic E-state index is -4.26. The summed E-state index contributed by atoms with van der Waals surface area (Å²) in [5, 5.41) is 3.26. The smallest absolute Gasteiger partial charge is 0.264 e. The van der Waals surface area contributed by atoms with Gasteiger partial charge in [-0.3, -0.25) is 13.9 Å². The van der Waals surface area contributed by atoms with Gasteiger partial charge in [-0.2, -0.15) is 0 Å². The fraction of sp³-hybridized carbons (Fsp3) is 0.235. The molecule has 0 bridgehead atoms. The van der Waals surface area contributed by atoms with E-state index in [-0.39, 0.29) is 35.2 Å². The summed E-state index contributed by atoms with van der Waals surface area (Å²) in [6.45, 7) is 1.50. The number of anilines is 1. The highest BCUT2D eigenvalue weighted by Gasteiger charge is 2.35. The van der Waals surface area contributed by atoms with Gasteiger partial charge in [-0.25, -0.2) is 8.42 Å². The maximum atomic E-state index is 14.5. The van der Waals surface area contributed by atoms with Crippen LogP contribution in [0.15, 0.2) is 108 Å². The Morgan fingerprint density at radius 1 is 0.844 bits per heavy atom. The topological polar surface area (TPSA) is 105 Å². The number of sulfonamides is 1. The Hall–Kier alpha value is -4.54. The Bertz CT molecular complexity index is 1700. The van der Waals surface area contributed by atoms with E-state index >= 15 is 0 Å². The molecule has 4 aromatic rings. The monoisotopic (exact) mass is 649 g/mol. The number of ether oxygens (including phenoxy) is 2. The van der Waals surface area contributed by atoms with Crippen LogP contribution in [0.1, 0.15) is 18.1 Å². The Kier molecular flexibility index (Phi) is 11.5. The molecule has 0 spiro atoms. The van der Waals surface area contributed by atoms with E-state index in [0.29, 0.717) is 22.9 Å². The van der Waals surface area contributed by atoms with Gasteiger partial charge in [0.25, 0.3) is 10.0 Å². The van der Waals surface area contributed by atoms with Crippen LogP contribution in [0, 0.1) is 0 Å². The van der Waals surface area contributed by atoms with Crippen molar-refractivity contribution in [2.75, 3.05) is 31.6 Å². The Balaban J connectivity index is 1.83. The Morgan fingerprint density at radius 3 is 2.09 bits per heavy atom. The van der Waals surface area contributed by atoms with Crippen molar-refractivity contribution in [1.29, 1.82) is 0 Å². The van der Waals surface area contributed by atoms with Crippen molar-refractivity contribution >= 4 is 39.1 Å². The number of methoxy groups -OCH3 is 2. The number of rotatable bonds is 14. The van der Waals surface area contributed by atoms with Crippen LogP contribution >= 0.6 is 11.6 Å². The first kappa shape index (κ1) is 33.4. The molecule has 0 aliphatic rings. The van der Waals surface area contributed by atoms with E-state index < -0.39 is 28.5 Å². The zero-order valence-corrected chi connectivity index (χ0v) is 26.9. The molecular weight excluding hydrogens is 614 g/mol. The molecule has 0 radical (unpaired) electrons. The third kappa shape index (κ3) is 8.14. The molecule has 45 heavy (non-hydrogen) atoms. The number of benzene rings is 4. The first-order chi connectivity index (χ1) is 21.7. The quantitative estimate of drug-likeness (QED) is 0.198. The van der Waals surface area contributed by atoms with Gasteiger partial charge in [-0.1, -0.05) is 78.3 Å². The number of nitrogens with one attached hydrogen (secondary N) is 1. The van der Waals surface area contributed by atoms with Gasteiger partial charge in [0.2, 0.25) is 11.8 Å². The summed E-state index contributed by atoms with van der Waals surface area (Å²) < 4.78 is 40.1. The minimum Gasteiger partial charge on any atom is -0.493 e. The molecular formula is C34H36ClN3O6S. The van der Waals surface area contributed by atoms with Crippen molar-refractivity contribution in [3.8, 4) is 11.5 Å². The summed E-state index contributed by atoms with van der Waals surface area (Å²) in [7, 11) is -1.35. The summed E-state index contributed by atoms with van der Waals surface area (Å²) in [6.07, 6.45) is 0.199. The van der Waals surface area contributed by atoms with Crippen LogP contribution in [0.5, 0.6) is 11.5 Å². The van der Waals surface area contributed by atoms with Gasteiger partial charge >= 0.3 is 0 Å². The second-order valence-electron chi connectivity index (χ2n) is 10.1. The molecule has 0 aliphatic carbocycles. The summed E-state index contributed by atoms with van der Waals surface area (Å²) in [4.78, 5) is 29.5. The van der Waals surface area contributed by atoms with E-state index in [4.69, 9.17) is 21.1 Å². The van der Waals surface area contributed by atoms with Crippen molar-refractivity contribution in [1.82, 2.24) is 10.2 Å². The molecule has 0 aliphatic heterocycles. The van der Waals surface area contributed by atoms with E-state index in [1.165, 1.54) is 37.3 Å². The van der Waals surface area contributed by atoms with Crippen LogP contribution < -0.4 is 19.1 Å². The number of carbonyl (C=O) groups is 2. The van der Waals surface area contributed by atoms with Crippen molar-refractivity contribution in [2.45, 2.75) is 30.8 Å². The van der Waals surface area contributed by atoms with Gasteiger partial charge < -0.3 is 19.7 Å². The van der Waals surface area contributed by atoms with E-state index in [1.54, 1.807) is 61.5 Å². The number of amides is 2. The number of halogens is 1. The van der Waals surface area contributed by atoms with Crippen molar-refractivity contribution in [3.05, 3.63) is 119 Å². The first-order valence-electron chi connectivity index (χ1n) is 14.3. The molecule has 0 saturated heterocycles. The lowest BCUT2D eigenvalue weighted by Crippen LogP contribution is -2.53. The average molecular weight is 650 g/mol. The van der Waals surface area contributed by atoms with Crippen molar-refractivity contribution < 1.29 is 27.5 Å². The number of likely N-dealkylation sites (N-methyl/N-ethyl adjacent to an activating group) is 1. The van der Waals surface area contributed by atoms with E-state index in [1.807, 2.05) is 30.3 Å². The zero-order valence-electron chi connectivity index (χ0n) is 25.4. The molecule has 0 saturated carbocycles. The van der Waals surface area contributed by atoms with E-state index in [0.717, 1.165) is 9.87 Å². The molecule has 4 aromatic carbocycles. The van der Waals surface area contributed by atoms with Gasteiger partial charge in [0, 0.05) is 30.6 Å². The maximum Gasteiger partial charge on any atom is 0.264 e. The maximum absolute atomic E-state index is 14.5. The van der Waals surface area contributed by atoms with Gasteiger partial charge in [-0.15, -0.1) is 0 Å². The first-order valence-corrected chi connectivity index (χ1v) is 16.2. The molecule has 4 rings (SSSR count). The van der Waals surface area contributed by atoms with Crippen LogP contribution in [0.3, 0.4) is 0 Å². The fourth-order valence-electron chi connectivity index (χ4n) is 4.88. The number of hydrogen-bond donors (Lipinski definition) is 1. The molecule has 1 unspecified atom stereocenters. The number of hydrogen-bond acceptors (Lipinski definition) is 6. The van der Waals surface area contributed by atoms with Crippen molar-refractivity contribution in [3.63, 3.8) is 0 Å². The van der Waals surface area contributed by atoms with Gasteiger partial charge in [-0.05, 0) is 48.4 Å². The Morgan fingerprint density at radius 2 is 1.47 bits per heavy atom. The molecule has 0 aromatic heterocycles. The number of nitrogens with zero attached hydrogens (tertiary/aromatic N) is 2. The summed E-state index contributed by atoms with van der Waals surface area (Å²) in [6, 6.07) is 27.8. The molecule has 1 atom stereocenters. The largest absolute Gasteiger partial charge is 0.493 e. The fourth-order valence-corrected chi connectivity index (χ4v) is 6.51. The number of carbonyl (C=O) groups excluding carboxylic acids is 2. The molecule has 0 heterocycles. The standard InChI is InChI=1S/C34H36ClN3O6S/c1-4-36-34(40)30(21-25-13-7-5-8-14-25)37(23-26-15-11-12-18-29(26)35)33(39)24-38(45(41,42)28-16-9-6-10-17-28)27-19-20-31(43-2)32(22-27)44-3/h5-20,22,30H,4,21,23-24H2,1-3H3,(H,36,40). The second-order valence-corrected chi connectivity index (χ2v) is 12.3. The Labute approximate surface area is 269 Å². The van der Waals surface area contributed by atoms with E-state index in [2.05, 4.69) is 5.32 Å². The SMILES string of the molecule is CCNC(=O)C(Cc1ccccc1)N(Cc1ccccc1Cl)C(=O)CN(c1ccc(OC)c(OC)c1)S(=O)(=O)c1ccccc1. The summed E-state index contributed by atoms with van der Waals surface area (Å²) >= 11 is 6.52. The normalized spacial score (nSPS) is 11.7. The zero-order chi connectivity index (χ0) is 32.4. The highest BCUT2D eigenvalue weighted by atomic mass is 35.5. The predicted octanol–water partition coefficient (Wildman–Crippen LogP) is 5.33. The van der Waals surface area contributed by atoms with Crippen LogP contribution in [-0.4, -0.2) is 58.5 Å². The highest BCUT2D eigenvalue weighted by molar-refractivity contribution is 7.92. The van der Waals surface area contributed by atoms with Gasteiger partial charge in [0.1, 0.15) is 12.6 Å². The van der Waals surface area contributed by atoms with Crippen LogP contribution in [0.2, 0.25) is 5.02 Å².